The van der Waals surface area contributed by atoms with E-state index in [0.29, 0.717) is 4.90 Å². The smallest absolute Gasteiger partial charge is 0.182 e. The van der Waals surface area contributed by atoms with Crippen molar-refractivity contribution in [3.05, 3.63) is 41.5 Å². The third kappa shape index (κ3) is 3.85. The van der Waals surface area contributed by atoms with Gasteiger partial charge in [-0.1, -0.05) is 36.3 Å². The summed E-state index contributed by atoms with van der Waals surface area (Å²) in [6, 6.07) is 8.83. The van der Waals surface area contributed by atoms with E-state index in [-0.39, 0.29) is 22.9 Å². The minimum absolute atomic E-state index is 0.00687. The van der Waals surface area contributed by atoms with E-state index in [0.717, 1.165) is 37.7 Å². The first-order chi connectivity index (χ1) is 11.6. The van der Waals surface area contributed by atoms with Crippen LogP contribution in [0.1, 0.15) is 59.8 Å². The van der Waals surface area contributed by atoms with Crippen LogP contribution in [0.4, 0.5) is 0 Å². The number of sulfone groups is 1. The van der Waals surface area contributed by atoms with Crippen LogP contribution in [-0.2, 0) is 14.6 Å². The Morgan fingerprint density at radius 1 is 1.16 bits per heavy atom. The zero-order valence-electron chi connectivity index (χ0n) is 15.8. The first kappa shape index (κ1) is 18.7. The van der Waals surface area contributed by atoms with Crippen LogP contribution in [-0.4, -0.2) is 25.9 Å². The number of fused-ring (bicyclic) bond motifs is 1. The van der Waals surface area contributed by atoms with Crippen molar-refractivity contribution in [2.45, 2.75) is 76.4 Å². The van der Waals surface area contributed by atoms with Gasteiger partial charge in [0.05, 0.1) is 22.4 Å². The highest BCUT2D eigenvalue weighted by Gasteiger charge is 2.47. The van der Waals surface area contributed by atoms with Gasteiger partial charge in [-0.3, -0.25) is 0 Å². The highest BCUT2D eigenvalue weighted by Crippen LogP contribution is 2.53. The van der Waals surface area contributed by atoms with Crippen molar-refractivity contribution in [2.24, 2.45) is 5.41 Å². The molecule has 1 saturated carbocycles. The SMILES string of the molecule is CC(C)(C)O[C@H]1CCC2=C(CS(=O)(=O)c3ccccc3)CCC[C@@]21C. The van der Waals surface area contributed by atoms with Crippen molar-refractivity contribution in [2.75, 3.05) is 5.75 Å². The summed E-state index contributed by atoms with van der Waals surface area (Å²) >= 11 is 0. The Morgan fingerprint density at radius 2 is 1.84 bits per heavy atom. The summed E-state index contributed by atoms with van der Waals surface area (Å²) in [6.07, 6.45) is 5.20. The second-order valence-electron chi connectivity index (χ2n) is 8.68. The lowest BCUT2D eigenvalue weighted by Crippen LogP contribution is -2.38. The van der Waals surface area contributed by atoms with Crippen LogP contribution in [0.2, 0.25) is 0 Å². The number of rotatable bonds is 4. The van der Waals surface area contributed by atoms with Gasteiger partial charge < -0.3 is 4.74 Å². The molecule has 3 nitrogen and oxygen atoms in total. The van der Waals surface area contributed by atoms with E-state index in [2.05, 4.69) is 27.7 Å². The third-order valence-corrected chi connectivity index (χ3v) is 7.34. The normalized spacial score (nSPS) is 27.4. The van der Waals surface area contributed by atoms with E-state index >= 15 is 0 Å². The van der Waals surface area contributed by atoms with Gasteiger partial charge in [0.25, 0.3) is 0 Å². The predicted octanol–water partition coefficient (Wildman–Crippen LogP) is 4.92. The molecule has 2 atom stereocenters. The molecule has 0 amide bonds. The zero-order valence-corrected chi connectivity index (χ0v) is 16.7. The summed E-state index contributed by atoms with van der Waals surface area (Å²) in [5.74, 6) is 0.157. The molecule has 0 radical (unpaired) electrons. The van der Waals surface area contributed by atoms with Crippen LogP contribution in [0.15, 0.2) is 46.4 Å². The Hall–Kier alpha value is -1.13. The van der Waals surface area contributed by atoms with Crippen molar-refractivity contribution in [1.29, 1.82) is 0 Å². The first-order valence-electron chi connectivity index (χ1n) is 9.29. The van der Waals surface area contributed by atoms with Crippen LogP contribution in [0.5, 0.6) is 0 Å². The van der Waals surface area contributed by atoms with Crippen LogP contribution < -0.4 is 0 Å². The summed E-state index contributed by atoms with van der Waals surface area (Å²) in [7, 11) is -3.28. The highest BCUT2D eigenvalue weighted by atomic mass is 32.2. The molecule has 2 aliphatic rings. The van der Waals surface area contributed by atoms with Crippen molar-refractivity contribution in [3.63, 3.8) is 0 Å². The molecule has 3 rings (SSSR count). The molecular formula is C21H30O3S. The van der Waals surface area contributed by atoms with Gasteiger partial charge in [-0.2, -0.15) is 0 Å². The molecule has 1 aromatic carbocycles. The minimum Gasteiger partial charge on any atom is -0.372 e. The van der Waals surface area contributed by atoms with Gasteiger partial charge in [-0.05, 0) is 65.0 Å². The predicted molar refractivity (Wildman–Crippen MR) is 101 cm³/mol. The third-order valence-electron chi connectivity index (χ3n) is 5.62. The van der Waals surface area contributed by atoms with Crippen LogP contribution >= 0.6 is 0 Å². The number of hydrogen-bond donors (Lipinski definition) is 0. The maximum absolute atomic E-state index is 12.8. The fourth-order valence-electron chi connectivity index (χ4n) is 4.50. The quantitative estimate of drug-likeness (QED) is 0.714. The maximum Gasteiger partial charge on any atom is 0.182 e. The Kier molecular flexibility index (Phi) is 4.89. The molecule has 0 aliphatic heterocycles. The molecule has 138 valence electrons. The molecule has 0 saturated heterocycles. The van der Waals surface area contributed by atoms with Crippen LogP contribution in [0, 0.1) is 5.41 Å². The molecule has 25 heavy (non-hydrogen) atoms. The van der Waals surface area contributed by atoms with E-state index < -0.39 is 9.84 Å². The monoisotopic (exact) mass is 362 g/mol. The molecule has 0 bridgehead atoms. The Morgan fingerprint density at radius 3 is 2.48 bits per heavy atom. The van der Waals surface area contributed by atoms with Gasteiger partial charge in [0.15, 0.2) is 9.84 Å². The van der Waals surface area contributed by atoms with Crippen molar-refractivity contribution < 1.29 is 13.2 Å². The average Bonchev–Trinajstić information content (AvgIpc) is 2.84. The van der Waals surface area contributed by atoms with Crippen LogP contribution in [0.3, 0.4) is 0 Å². The standard InChI is InChI=1S/C21H30O3S/c1-20(2,3)24-19-13-12-18-16(9-8-14-21(18,19)4)15-25(22,23)17-10-6-5-7-11-17/h5-7,10-11,19H,8-9,12-15H2,1-4H3/t19-,21-/m0/s1. The molecule has 1 fully saturated rings. The number of ether oxygens (including phenoxy) is 1. The highest BCUT2D eigenvalue weighted by molar-refractivity contribution is 7.91. The van der Waals surface area contributed by atoms with Crippen molar-refractivity contribution in [1.82, 2.24) is 0 Å². The summed E-state index contributed by atoms with van der Waals surface area (Å²) in [6.45, 7) is 8.57. The molecule has 0 unspecified atom stereocenters. The van der Waals surface area contributed by atoms with E-state index in [4.69, 9.17) is 4.74 Å². The fourth-order valence-corrected chi connectivity index (χ4v) is 6.02. The summed E-state index contributed by atoms with van der Waals surface area (Å²) in [5, 5.41) is 0. The fraction of sp³-hybridized carbons (Fsp3) is 0.619. The van der Waals surface area contributed by atoms with Crippen LogP contribution in [0.25, 0.3) is 0 Å². The van der Waals surface area contributed by atoms with E-state index in [9.17, 15) is 8.42 Å². The minimum atomic E-state index is -3.28. The zero-order chi connectivity index (χ0) is 18.3. The Bertz CT molecular complexity index is 756. The Labute approximate surface area is 152 Å². The first-order valence-corrected chi connectivity index (χ1v) is 10.9. The van der Waals surface area contributed by atoms with Crippen molar-refractivity contribution in [3.8, 4) is 0 Å². The molecular weight excluding hydrogens is 332 g/mol. The summed E-state index contributed by atoms with van der Waals surface area (Å²) in [5.41, 5.74) is 2.31. The second-order valence-corrected chi connectivity index (χ2v) is 10.7. The summed E-state index contributed by atoms with van der Waals surface area (Å²) in [4.78, 5) is 0.427. The number of hydrogen-bond acceptors (Lipinski definition) is 3. The van der Waals surface area contributed by atoms with E-state index in [1.165, 1.54) is 5.57 Å². The largest absolute Gasteiger partial charge is 0.372 e. The second kappa shape index (κ2) is 6.55. The lowest BCUT2D eigenvalue weighted by molar-refractivity contribution is -0.0973. The van der Waals surface area contributed by atoms with E-state index in [1.807, 2.05) is 6.07 Å². The van der Waals surface area contributed by atoms with Gasteiger partial charge in [-0.15, -0.1) is 0 Å². The Balaban J connectivity index is 1.90. The lowest BCUT2D eigenvalue weighted by Gasteiger charge is -2.40. The average molecular weight is 363 g/mol. The summed E-state index contributed by atoms with van der Waals surface area (Å²) < 4.78 is 32.0. The van der Waals surface area contributed by atoms with Gasteiger partial charge in [-0.25, -0.2) is 8.42 Å². The van der Waals surface area contributed by atoms with Gasteiger partial charge >= 0.3 is 0 Å². The molecule has 0 aromatic heterocycles. The van der Waals surface area contributed by atoms with Gasteiger partial charge in [0.2, 0.25) is 0 Å². The molecule has 1 aromatic rings. The molecule has 2 aliphatic carbocycles. The number of benzene rings is 1. The van der Waals surface area contributed by atoms with Gasteiger partial charge in [0.1, 0.15) is 0 Å². The maximum atomic E-state index is 12.8. The van der Waals surface area contributed by atoms with Crippen molar-refractivity contribution >= 4 is 9.84 Å². The molecule has 4 heteroatoms. The molecule has 0 heterocycles. The lowest BCUT2D eigenvalue weighted by atomic mass is 9.72. The molecule has 0 N–H and O–H groups in total. The van der Waals surface area contributed by atoms with E-state index in [1.54, 1.807) is 24.3 Å². The topological polar surface area (TPSA) is 43.4 Å². The van der Waals surface area contributed by atoms with Gasteiger partial charge in [0, 0.05) is 5.41 Å². The molecule has 0 spiro atoms.